The number of thiazole rings is 1. The lowest BCUT2D eigenvalue weighted by Crippen LogP contribution is -2.11. The highest BCUT2D eigenvalue weighted by Gasteiger charge is 2.16. The van der Waals surface area contributed by atoms with Gasteiger partial charge >= 0.3 is 0 Å². The van der Waals surface area contributed by atoms with E-state index in [1.807, 2.05) is 43.3 Å². The van der Waals surface area contributed by atoms with Crippen molar-refractivity contribution in [1.29, 1.82) is 0 Å². The normalized spacial score (nSPS) is 10.4. The third-order valence-corrected chi connectivity index (χ3v) is 4.33. The first-order valence-electron chi connectivity index (χ1n) is 6.77. The minimum atomic E-state index is -0.174. The number of aryl methyl sites for hydroxylation is 1. The molecule has 110 valence electrons. The van der Waals surface area contributed by atoms with E-state index in [0.717, 1.165) is 11.3 Å². The number of anilines is 1. The first kappa shape index (κ1) is 14.3. The summed E-state index contributed by atoms with van der Waals surface area (Å²) in [6, 6.07) is 16.2. The molecule has 0 aliphatic rings. The third-order valence-electron chi connectivity index (χ3n) is 3.13. The summed E-state index contributed by atoms with van der Waals surface area (Å²) in [6.07, 6.45) is 0. The average Bonchev–Trinajstić information content (AvgIpc) is 2.90. The fourth-order valence-corrected chi connectivity index (χ4v) is 3.04. The highest BCUT2D eigenvalue weighted by atomic mass is 32.1. The topological polar surface area (TPSA) is 62.2 Å². The van der Waals surface area contributed by atoms with Crippen molar-refractivity contribution in [3.8, 4) is 16.3 Å². The van der Waals surface area contributed by atoms with Crippen molar-refractivity contribution in [3.63, 3.8) is 0 Å². The SMILES string of the molecule is Cc1nc(-c2cccc(O)c2)sc1C(=O)Nc1ccccc1. The van der Waals surface area contributed by atoms with Crippen molar-refractivity contribution in [1.82, 2.24) is 4.98 Å². The number of para-hydroxylation sites is 1. The van der Waals surface area contributed by atoms with Gasteiger partial charge in [0.25, 0.3) is 5.91 Å². The second-order valence-corrected chi connectivity index (χ2v) is 5.80. The zero-order valence-electron chi connectivity index (χ0n) is 11.9. The smallest absolute Gasteiger partial charge is 0.267 e. The van der Waals surface area contributed by atoms with Crippen molar-refractivity contribution < 1.29 is 9.90 Å². The van der Waals surface area contributed by atoms with Crippen molar-refractivity contribution in [2.45, 2.75) is 6.92 Å². The molecule has 0 radical (unpaired) electrons. The van der Waals surface area contributed by atoms with Crippen molar-refractivity contribution in [3.05, 3.63) is 65.2 Å². The van der Waals surface area contributed by atoms with Crippen LogP contribution in [0.3, 0.4) is 0 Å². The Kier molecular flexibility index (Phi) is 3.89. The molecule has 0 saturated heterocycles. The van der Waals surface area contributed by atoms with Gasteiger partial charge in [-0.15, -0.1) is 11.3 Å². The lowest BCUT2D eigenvalue weighted by molar-refractivity contribution is 0.103. The number of benzene rings is 2. The Morgan fingerprint density at radius 2 is 1.91 bits per heavy atom. The largest absolute Gasteiger partial charge is 0.508 e. The summed E-state index contributed by atoms with van der Waals surface area (Å²) in [6.45, 7) is 1.81. The van der Waals surface area contributed by atoms with Gasteiger partial charge in [-0.2, -0.15) is 0 Å². The molecule has 5 heteroatoms. The summed E-state index contributed by atoms with van der Waals surface area (Å²) in [5.41, 5.74) is 2.22. The van der Waals surface area contributed by atoms with Crippen LogP contribution in [0.4, 0.5) is 5.69 Å². The summed E-state index contributed by atoms with van der Waals surface area (Å²) in [4.78, 5) is 17.4. The second-order valence-electron chi connectivity index (χ2n) is 4.80. The zero-order chi connectivity index (χ0) is 15.5. The highest BCUT2D eigenvalue weighted by molar-refractivity contribution is 7.17. The lowest BCUT2D eigenvalue weighted by Gasteiger charge is -2.02. The Balaban J connectivity index is 1.88. The predicted molar refractivity (Wildman–Crippen MR) is 88.3 cm³/mol. The van der Waals surface area contributed by atoms with E-state index in [-0.39, 0.29) is 11.7 Å². The van der Waals surface area contributed by atoms with Gasteiger partial charge in [0.2, 0.25) is 0 Å². The Morgan fingerprint density at radius 3 is 2.64 bits per heavy atom. The van der Waals surface area contributed by atoms with Crippen LogP contribution in [-0.2, 0) is 0 Å². The van der Waals surface area contributed by atoms with E-state index >= 15 is 0 Å². The van der Waals surface area contributed by atoms with Crippen molar-refractivity contribution in [2.75, 3.05) is 5.32 Å². The quantitative estimate of drug-likeness (QED) is 0.766. The van der Waals surface area contributed by atoms with Crippen LogP contribution in [-0.4, -0.2) is 16.0 Å². The van der Waals surface area contributed by atoms with E-state index in [1.54, 1.807) is 18.2 Å². The van der Waals surface area contributed by atoms with Gasteiger partial charge in [0.1, 0.15) is 15.6 Å². The number of aromatic hydroxyl groups is 1. The number of phenolic OH excluding ortho intramolecular Hbond substituents is 1. The van der Waals surface area contributed by atoms with E-state index in [9.17, 15) is 9.90 Å². The molecule has 3 aromatic rings. The van der Waals surface area contributed by atoms with Gasteiger partial charge in [-0.3, -0.25) is 4.79 Å². The monoisotopic (exact) mass is 310 g/mol. The standard InChI is InChI=1S/C17H14N2O2S/c1-11-15(16(21)19-13-7-3-2-4-8-13)22-17(18-11)12-6-5-9-14(20)10-12/h2-10,20H,1H3,(H,19,21). The third kappa shape index (κ3) is 2.99. The van der Waals surface area contributed by atoms with Crippen LogP contribution in [0.2, 0.25) is 0 Å². The summed E-state index contributed by atoms with van der Waals surface area (Å²) >= 11 is 1.31. The molecule has 0 saturated carbocycles. The lowest BCUT2D eigenvalue weighted by atomic mass is 10.2. The molecule has 0 aliphatic heterocycles. The number of rotatable bonds is 3. The molecule has 4 nitrogen and oxygen atoms in total. The fourth-order valence-electron chi connectivity index (χ4n) is 2.08. The fraction of sp³-hybridized carbons (Fsp3) is 0.0588. The number of hydrogen-bond acceptors (Lipinski definition) is 4. The Hall–Kier alpha value is -2.66. The molecule has 2 N–H and O–H groups in total. The van der Waals surface area contributed by atoms with E-state index in [1.165, 1.54) is 11.3 Å². The molecule has 0 bridgehead atoms. The molecule has 0 unspecified atom stereocenters. The van der Waals surface area contributed by atoms with Crippen LogP contribution in [0.1, 0.15) is 15.4 Å². The van der Waals surface area contributed by atoms with Gasteiger partial charge in [0, 0.05) is 11.3 Å². The Labute approximate surface area is 132 Å². The zero-order valence-corrected chi connectivity index (χ0v) is 12.7. The average molecular weight is 310 g/mol. The van der Waals surface area contributed by atoms with Crippen molar-refractivity contribution in [2.24, 2.45) is 0 Å². The molecule has 1 aromatic heterocycles. The van der Waals surface area contributed by atoms with Gasteiger partial charge in [0.15, 0.2) is 0 Å². The summed E-state index contributed by atoms with van der Waals surface area (Å²) in [5, 5.41) is 13.1. The second kappa shape index (κ2) is 5.99. The van der Waals surface area contributed by atoms with E-state index in [4.69, 9.17) is 0 Å². The van der Waals surface area contributed by atoms with Crippen molar-refractivity contribution >= 4 is 22.9 Å². The molecule has 2 aromatic carbocycles. The number of nitrogens with one attached hydrogen (secondary N) is 1. The van der Waals surface area contributed by atoms with Crippen LogP contribution >= 0.6 is 11.3 Å². The minimum absolute atomic E-state index is 0.174. The molecule has 22 heavy (non-hydrogen) atoms. The minimum Gasteiger partial charge on any atom is -0.508 e. The summed E-state index contributed by atoms with van der Waals surface area (Å²) in [7, 11) is 0. The first-order chi connectivity index (χ1) is 10.6. The molecule has 0 atom stereocenters. The molecule has 1 heterocycles. The van der Waals surface area contributed by atoms with Gasteiger partial charge in [-0.25, -0.2) is 4.98 Å². The van der Waals surface area contributed by atoms with E-state index in [0.29, 0.717) is 15.6 Å². The Morgan fingerprint density at radius 1 is 1.14 bits per heavy atom. The highest BCUT2D eigenvalue weighted by Crippen LogP contribution is 2.30. The Bertz CT molecular complexity index is 813. The number of aromatic nitrogens is 1. The number of hydrogen-bond donors (Lipinski definition) is 2. The number of nitrogens with zero attached hydrogens (tertiary/aromatic N) is 1. The van der Waals surface area contributed by atoms with Gasteiger partial charge in [-0.05, 0) is 31.2 Å². The van der Waals surface area contributed by atoms with Gasteiger partial charge in [0.05, 0.1) is 5.69 Å². The number of carbonyl (C=O) groups is 1. The number of phenols is 1. The molecule has 0 fully saturated rings. The molecule has 0 spiro atoms. The maximum atomic E-state index is 12.4. The van der Waals surface area contributed by atoms with Crippen LogP contribution in [0.15, 0.2) is 54.6 Å². The molecular formula is C17H14N2O2S. The van der Waals surface area contributed by atoms with Crippen LogP contribution in [0, 0.1) is 6.92 Å². The van der Waals surface area contributed by atoms with Gasteiger partial charge in [-0.1, -0.05) is 30.3 Å². The number of carbonyl (C=O) groups excluding carboxylic acids is 1. The first-order valence-corrected chi connectivity index (χ1v) is 7.58. The summed E-state index contributed by atoms with van der Waals surface area (Å²) in [5.74, 6) is 0.00763. The summed E-state index contributed by atoms with van der Waals surface area (Å²) < 4.78 is 0. The van der Waals surface area contributed by atoms with Crippen LogP contribution < -0.4 is 5.32 Å². The molecule has 1 amide bonds. The molecule has 0 aliphatic carbocycles. The molecular weight excluding hydrogens is 296 g/mol. The predicted octanol–water partition coefficient (Wildman–Crippen LogP) is 4.08. The van der Waals surface area contributed by atoms with Crippen LogP contribution in [0.5, 0.6) is 5.75 Å². The molecule has 3 rings (SSSR count). The van der Waals surface area contributed by atoms with Crippen LogP contribution in [0.25, 0.3) is 10.6 Å². The van der Waals surface area contributed by atoms with E-state index in [2.05, 4.69) is 10.3 Å². The maximum absolute atomic E-state index is 12.4. The van der Waals surface area contributed by atoms with E-state index < -0.39 is 0 Å². The number of amides is 1. The van der Waals surface area contributed by atoms with Gasteiger partial charge < -0.3 is 10.4 Å². The maximum Gasteiger partial charge on any atom is 0.267 e.